The Morgan fingerprint density at radius 3 is 2.74 bits per heavy atom. The zero-order valence-corrected chi connectivity index (χ0v) is 19.1. The standard InChI is InChI=1S/C23H23F2N7O2/c1-5-34-23(33)20-12(2)29-32(13(20)3)19-11-18(26)28-22-16(8-9-27-19)21(30-31(22)4)15-7-6-14(24)10-17(15)25/h6-7,9-11H,5,8H2,1-4H3,(H2,26,28)/b19-11+,27-9-. The van der Waals surface area contributed by atoms with E-state index in [-0.39, 0.29) is 24.4 Å². The van der Waals surface area contributed by atoms with E-state index >= 15 is 0 Å². The number of nitrogens with zero attached hydrogens (tertiary/aromatic N) is 5. The van der Waals surface area contributed by atoms with Gasteiger partial charge in [-0.2, -0.15) is 10.2 Å². The number of aromatic nitrogens is 4. The van der Waals surface area contributed by atoms with Gasteiger partial charge in [-0.1, -0.05) is 0 Å². The third-order valence-electron chi connectivity index (χ3n) is 5.36. The van der Waals surface area contributed by atoms with E-state index in [4.69, 9.17) is 10.1 Å². The van der Waals surface area contributed by atoms with Crippen LogP contribution in [0.4, 0.5) is 14.6 Å². The molecule has 0 atom stereocenters. The zero-order chi connectivity index (χ0) is 24.6. The molecular weight excluding hydrogens is 444 g/mol. The Balaban J connectivity index is 1.75. The minimum Gasteiger partial charge on any atom is -0.462 e. The van der Waals surface area contributed by atoms with Gasteiger partial charge in [0.15, 0.2) is 5.82 Å². The number of esters is 1. The first-order valence-electron chi connectivity index (χ1n) is 10.6. The Hall–Kier alpha value is -4.15. The molecule has 0 radical (unpaired) electrons. The fourth-order valence-electron chi connectivity index (χ4n) is 3.86. The number of aryl methyl sites for hydroxylation is 2. The van der Waals surface area contributed by atoms with Crippen molar-refractivity contribution in [1.82, 2.24) is 19.6 Å². The molecule has 1 aromatic carbocycles. The molecule has 9 nitrogen and oxygen atoms in total. The number of hydrogen-bond donors (Lipinski definition) is 2. The van der Waals surface area contributed by atoms with E-state index < -0.39 is 17.6 Å². The summed E-state index contributed by atoms with van der Waals surface area (Å²) < 4.78 is 36.0. The van der Waals surface area contributed by atoms with Crippen molar-refractivity contribution < 1.29 is 18.3 Å². The number of rotatable bonds is 4. The fraction of sp³-hybridized carbons (Fsp3) is 0.261. The number of hydrogen-bond acceptors (Lipinski definition) is 6. The van der Waals surface area contributed by atoms with E-state index in [0.29, 0.717) is 39.8 Å². The number of nitrogens with one attached hydrogen (secondary N) is 2. The van der Waals surface area contributed by atoms with Crippen LogP contribution in [0.2, 0.25) is 0 Å². The Kier molecular flexibility index (Phi) is 6.10. The van der Waals surface area contributed by atoms with E-state index in [1.807, 2.05) is 0 Å². The summed E-state index contributed by atoms with van der Waals surface area (Å²) in [5.41, 5.74) is 2.41. The molecule has 0 fully saturated rings. The monoisotopic (exact) mass is 467 g/mol. The second-order valence-corrected chi connectivity index (χ2v) is 7.66. The molecule has 1 aliphatic rings. The van der Waals surface area contributed by atoms with E-state index in [1.54, 1.807) is 34.0 Å². The second kappa shape index (κ2) is 9.00. The molecule has 3 aromatic rings. The Morgan fingerprint density at radius 2 is 2.03 bits per heavy atom. The van der Waals surface area contributed by atoms with E-state index in [9.17, 15) is 13.6 Å². The Labute approximate surface area is 194 Å². The topological polar surface area (TPSA) is 110 Å². The molecule has 0 bridgehead atoms. The number of ether oxygens (including phenoxy) is 1. The highest BCUT2D eigenvalue weighted by atomic mass is 19.1. The van der Waals surface area contributed by atoms with Crippen molar-refractivity contribution in [2.24, 2.45) is 12.0 Å². The summed E-state index contributed by atoms with van der Waals surface area (Å²) in [6.07, 6.45) is 3.31. The lowest BCUT2D eigenvalue weighted by Gasteiger charge is -2.08. The van der Waals surface area contributed by atoms with Crippen LogP contribution < -0.4 is 5.32 Å². The zero-order valence-electron chi connectivity index (χ0n) is 19.1. The molecule has 4 rings (SSSR count). The van der Waals surface area contributed by atoms with Crippen molar-refractivity contribution in [3.8, 4) is 11.3 Å². The summed E-state index contributed by atoms with van der Waals surface area (Å²) >= 11 is 0. The fourth-order valence-corrected chi connectivity index (χ4v) is 3.86. The molecular formula is C23H23F2N7O2. The minimum atomic E-state index is -0.735. The largest absolute Gasteiger partial charge is 0.462 e. The van der Waals surface area contributed by atoms with Crippen LogP contribution in [0, 0.1) is 30.9 Å². The summed E-state index contributed by atoms with van der Waals surface area (Å²) in [4.78, 5) is 16.8. The lowest BCUT2D eigenvalue weighted by molar-refractivity contribution is 0.0524. The maximum atomic E-state index is 14.5. The summed E-state index contributed by atoms with van der Waals surface area (Å²) in [7, 11) is 1.66. The van der Waals surface area contributed by atoms with E-state index in [2.05, 4.69) is 20.5 Å². The Bertz CT molecular complexity index is 1370. The van der Waals surface area contributed by atoms with Crippen molar-refractivity contribution in [2.75, 3.05) is 11.9 Å². The highest BCUT2D eigenvalue weighted by Gasteiger charge is 2.24. The normalized spacial score (nSPS) is 15.9. The lowest BCUT2D eigenvalue weighted by Crippen LogP contribution is -2.13. The van der Waals surface area contributed by atoms with E-state index in [1.165, 1.54) is 27.6 Å². The van der Waals surface area contributed by atoms with Gasteiger partial charge in [-0.15, -0.1) is 0 Å². The summed E-state index contributed by atoms with van der Waals surface area (Å²) in [5.74, 6) is -1.12. The molecule has 0 saturated heterocycles. The maximum Gasteiger partial charge on any atom is 0.341 e. The van der Waals surface area contributed by atoms with Gasteiger partial charge in [0.25, 0.3) is 0 Å². The third-order valence-corrected chi connectivity index (χ3v) is 5.36. The van der Waals surface area contributed by atoms with Crippen LogP contribution in [-0.4, -0.2) is 44.2 Å². The van der Waals surface area contributed by atoms with Gasteiger partial charge in [0, 0.05) is 43.0 Å². The van der Waals surface area contributed by atoms with Gasteiger partial charge in [0.05, 0.1) is 18.0 Å². The third kappa shape index (κ3) is 4.12. The van der Waals surface area contributed by atoms with Crippen molar-refractivity contribution in [3.63, 3.8) is 0 Å². The summed E-state index contributed by atoms with van der Waals surface area (Å²) in [6, 6.07) is 3.30. The highest BCUT2D eigenvalue weighted by molar-refractivity contribution is 6.06. The SMILES string of the molecule is CCOC(=O)c1c(C)nn(C2=C/C(=N)Nc3c(c(-c4ccc(F)cc4F)nn3C)C/C=N\2)c1C. The van der Waals surface area contributed by atoms with Gasteiger partial charge >= 0.3 is 5.97 Å². The number of carbonyl (C=O) groups excluding carboxylic acids is 1. The number of anilines is 1. The first kappa shape index (κ1) is 23.0. The summed E-state index contributed by atoms with van der Waals surface area (Å²) in [5, 5.41) is 20.2. The molecule has 1 aliphatic heterocycles. The molecule has 0 spiro atoms. The lowest BCUT2D eigenvalue weighted by atomic mass is 10.0. The van der Waals surface area contributed by atoms with Crippen molar-refractivity contribution >= 4 is 29.7 Å². The maximum absolute atomic E-state index is 14.5. The quantitative estimate of drug-likeness (QED) is 0.566. The molecule has 3 heterocycles. The van der Waals surface area contributed by atoms with Gasteiger partial charge in [-0.05, 0) is 32.9 Å². The minimum absolute atomic E-state index is 0.0188. The highest BCUT2D eigenvalue weighted by Crippen LogP contribution is 2.31. The van der Waals surface area contributed by atoms with Gasteiger partial charge < -0.3 is 10.1 Å². The van der Waals surface area contributed by atoms with Crippen molar-refractivity contribution in [2.45, 2.75) is 27.2 Å². The second-order valence-electron chi connectivity index (χ2n) is 7.66. The number of halogens is 2. The Morgan fingerprint density at radius 1 is 1.26 bits per heavy atom. The summed E-state index contributed by atoms with van der Waals surface area (Å²) in [6.45, 7) is 5.38. The number of benzene rings is 1. The van der Waals surface area contributed by atoms with Crippen LogP contribution in [-0.2, 0) is 18.2 Å². The van der Waals surface area contributed by atoms with Crippen molar-refractivity contribution in [3.05, 3.63) is 58.4 Å². The molecule has 0 saturated carbocycles. The molecule has 2 aromatic heterocycles. The number of fused-ring (bicyclic) bond motifs is 1. The predicted octanol–water partition coefficient (Wildman–Crippen LogP) is 3.87. The van der Waals surface area contributed by atoms with Crippen LogP contribution in [0.3, 0.4) is 0 Å². The van der Waals surface area contributed by atoms with Gasteiger partial charge in [-0.3, -0.25) is 10.1 Å². The first-order chi connectivity index (χ1) is 16.2. The average molecular weight is 467 g/mol. The van der Waals surface area contributed by atoms with Crippen LogP contribution in [0.5, 0.6) is 0 Å². The molecule has 11 heteroatoms. The van der Waals surface area contributed by atoms with Crippen molar-refractivity contribution in [1.29, 1.82) is 5.41 Å². The van der Waals surface area contributed by atoms with Gasteiger partial charge in [0.2, 0.25) is 0 Å². The smallest absolute Gasteiger partial charge is 0.341 e. The number of amidine groups is 1. The first-order valence-corrected chi connectivity index (χ1v) is 10.6. The van der Waals surface area contributed by atoms with Gasteiger partial charge in [0.1, 0.15) is 34.5 Å². The van der Waals surface area contributed by atoms with Crippen LogP contribution in [0.1, 0.15) is 34.2 Å². The molecule has 34 heavy (non-hydrogen) atoms. The van der Waals surface area contributed by atoms with Gasteiger partial charge in [-0.25, -0.2) is 23.2 Å². The molecule has 176 valence electrons. The van der Waals surface area contributed by atoms with Crippen LogP contribution >= 0.6 is 0 Å². The number of aliphatic imine (C=N–C) groups is 1. The molecule has 0 unspecified atom stereocenters. The molecule has 0 aliphatic carbocycles. The predicted molar refractivity (Wildman–Crippen MR) is 124 cm³/mol. The number of carbonyl (C=O) groups is 1. The molecule has 0 amide bonds. The van der Waals surface area contributed by atoms with Crippen LogP contribution in [0.15, 0.2) is 29.3 Å². The molecule has 2 N–H and O–H groups in total. The van der Waals surface area contributed by atoms with Crippen LogP contribution in [0.25, 0.3) is 17.1 Å². The van der Waals surface area contributed by atoms with E-state index in [0.717, 1.165) is 6.07 Å². The average Bonchev–Trinajstić information content (AvgIpc) is 3.25.